The van der Waals surface area contributed by atoms with Crippen molar-refractivity contribution in [2.24, 2.45) is 0 Å². The Morgan fingerprint density at radius 3 is 2.30 bits per heavy atom. The van der Waals surface area contributed by atoms with Gasteiger partial charge in [-0.25, -0.2) is 0 Å². The molecule has 27 heavy (non-hydrogen) atoms. The largest absolute Gasteiger partial charge is 1.00 e. The summed E-state index contributed by atoms with van der Waals surface area (Å²) >= 11 is 0. The number of fused-ring (bicyclic) bond motifs is 1. The summed E-state index contributed by atoms with van der Waals surface area (Å²) in [5, 5.41) is 23.8. The van der Waals surface area contributed by atoms with Gasteiger partial charge in [0.05, 0.1) is 13.0 Å². The molecule has 0 aromatic heterocycles. The highest BCUT2D eigenvalue weighted by atomic mass is 35.5. The topological polar surface area (TPSA) is 74.1 Å². The van der Waals surface area contributed by atoms with Crippen LogP contribution in [0.5, 0.6) is 5.75 Å². The summed E-state index contributed by atoms with van der Waals surface area (Å²) in [6.07, 6.45) is -0.193. The number of quaternary nitrogens is 1. The first kappa shape index (κ1) is 20.9. The van der Waals surface area contributed by atoms with E-state index in [1.807, 2.05) is 66.8 Å². The van der Waals surface area contributed by atoms with Gasteiger partial charge in [0.2, 0.25) is 0 Å². The lowest BCUT2D eigenvalue weighted by Gasteiger charge is -2.17. The zero-order chi connectivity index (χ0) is 18.5. The van der Waals surface area contributed by atoms with Crippen LogP contribution in [0, 0.1) is 0 Å². The number of hydrogen-bond donors (Lipinski definition) is 3. The maximum Gasteiger partial charge on any atom is 0.169 e. The molecule has 0 heterocycles. The van der Waals surface area contributed by atoms with Crippen LogP contribution in [0.1, 0.15) is 35.4 Å². The minimum Gasteiger partial charge on any atom is -1.00 e. The number of hydrogen-bond acceptors (Lipinski definition) is 3. The number of nitrogens with two attached hydrogens (primary N) is 1. The summed E-state index contributed by atoms with van der Waals surface area (Å²) < 4.78 is 0. The zero-order valence-electron chi connectivity index (χ0n) is 15.2. The van der Waals surface area contributed by atoms with Crippen LogP contribution in [0.25, 0.3) is 10.8 Å². The number of benzene rings is 3. The van der Waals surface area contributed by atoms with Crippen LogP contribution in [0.15, 0.2) is 66.7 Å². The number of aliphatic hydroxyl groups excluding tert-OH is 1. The van der Waals surface area contributed by atoms with Crippen molar-refractivity contribution in [2.45, 2.75) is 25.5 Å². The van der Waals surface area contributed by atoms with Crippen molar-refractivity contribution in [1.82, 2.24) is 0 Å². The van der Waals surface area contributed by atoms with Crippen molar-refractivity contribution in [3.63, 3.8) is 0 Å². The van der Waals surface area contributed by atoms with E-state index in [-0.39, 0.29) is 30.0 Å². The normalized spacial score (nSPS) is 13.0. The highest BCUT2D eigenvalue weighted by Crippen LogP contribution is 2.28. The van der Waals surface area contributed by atoms with E-state index in [1.54, 1.807) is 12.1 Å². The molecule has 2 atom stereocenters. The summed E-state index contributed by atoms with van der Waals surface area (Å²) in [5.41, 5.74) is 1.51. The number of carbonyl (C=O) groups excluding carboxylic acids is 1. The molecular formula is C22H24ClNO3. The maximum absolute atomic E-state index is 12.6. The van der Waals surface area contributed by atoms with Gasteiger partial charge in [-0.05, 0) is 30.0 Å². The average Bonchev–Trinajstić information content (AvgIpc) is 2.68. The molecule has 0 aliphatic heterocycles. The van der Waals surface area contributed by atoms with Crippen LogP contribution in [0.3, 0.4) is 0 Å². The summed E-state index contributed by atoms with van der Waals surface area (Å²) in [5.74, 6) is 0.224. The molecular weight excluding hydrogens is 362 g/mol. The Morgan fingerprint density at radius 1 is 0.963 bits per heavy atom. The molecule has 0 amide bonds. The van der Waals surface area contributed by atoms with Crippen LogP contribution in [-0.4, -0.2) is 28.6 Å². The Kier molecular flexibility index (Phi) is 7.36. The van der Waals surface area contributed by atoms with Crippen LogP contribution in [-0.2, 0) is 0 Å². The van der Waals surface area contributed by atoms with E-state index in [4.69, 9.17) is 0 Å². The number of aliphatic hydroxyl groups is 1. The number of aromatic hydroxyl groups is 1. The smallest absolute Gasteiger partial charge is 0.169 e. The van der Waals surface area contributed by atoms with Crippen LogP contribution < -0.4 is 17.7 Å². The fourth-order valence-corrected chi connectivity index (χ4v) is 3.22. The molecule has 0 bridgehead atoms. The fraction of sp³-hybridized carbons (Fsp3) is 0.227. The van der Waals surface area contributed by atoms with E-state index >= 15 is 0 Å². The second-order valence-electron chi connectivity index (χ2n) is 6.59. The highest BCUT2D eigenvalue weighted by molar-refractivity contribution is 6.09. The number of halogens is 1. The quantitative estimate of drug-likeness (QED) is 0.493. The van der Waals surface area contributed by atoms with E-state index in [9.17, 15) is 15.0 Å². The zero-order valence-corrected chi connectivity index (χ0v) is 15.9. The molecule has 0 aliphatic carbocycles. The number of Topliss-reactive ketones (excluding diaryl/α,β-unsaturated/α-hetero) is 1. The third-order valence-corrected chi connectivity index (χ3v) is 4.75. The molecule has 0 radical (unpaired) electrons. The third kappa shape index (κ3) is 4.86. The van der Waals surface area contributed by atoms with Crippen molar-refractivity contribution in [2.75, 3.05) is 6.54 Å². The van der Waals surface area contributed by atoms with Crippen LogP contribution >= 0.6 is 0 Å². The van der Waals surface area contributed by atoms with Gasteiger partial charge in [0.25, 0.3) is 0 Å². The molecule has 0 saturated carbocycles. The summed E-state index contributed by atoms with van der Waals surface area (Å²) in [4.78, 5) is 12.6. The molecule has 0 saturated heterocycles. The molecule has 0 aliphatic rings. The predicted octanol–water partition coefficient (Wildman–Crippen LogP) is -0.192. The maximum atomic E-state index is 12.6. The molecule has 0 spiro atoms. The van der Waals surface area contributed by atoms with Gasteiger partial charge in [-0.15, -0.1) is 0 Å². The summed E-state index contributed by atoms with van der Waals surface area (Å²) in [6, 6.07) is 20.1. The van der Waals surface area contributed by atoms with E-state index in [0.29, 0.717) is 23.9 Å². The predicted molar refractivity (Wildman–Crippen MR) is 102 cm³/mol. The third-order valence-electron chi connectivity index (χ3n) is 4.75. The minimum absolute atomic E-state index is 0. The van der Waals surface area contributed by atoms with Gasteiger partial charge in [-0.3, -0.25) is 4.79 Å². The molecule has 5 heteroatoms. The molecule has 2 unspecified atom stereocenters. The first-order valence-corrected chi connectivity index (χ1v) is 8.88. The highest BCUT2D eigenvalue weighted by Gasteiger charge is 2.19. The van der Waals surface area contributed by atoms with Crippen molar-refractivity contribution in [1.29, 1.82) is 0 Å². The average molecular weight is 386 g/mol. The molecule has 3 aromatic rings. The first-order valence-electron chi connectivity index (χ1n) is 8.88. The van der Waals surface area contributed by atoms with E-state index in [2.05, 4.69) is 0 Å². The lowest BCUT2D eigenvalue weighted by atomic mass is 9.99. The van der Waals surface area contributed by atoms with Gasteiger partial charge >= 0.3 is 0 Å². The van der Waals surface area contributed by atoms with Crippen LogP contribution in [0.2, 0.25) is 0 Å². The monoisotopic (exact) mass is 385 g/mol. The molecule has 142 valence electrons. The second kappa shape index (κ2) is 9.51. The lowest BCUT2D eigenvalue weighted by Crippen LogP contribution is -3.00. The van der Waals surface area contributed by atoms with Gasteiger partial charge in [-0.2, -0.15) is 0 Å². The fourth-order valence-electron chi connectivity index (χ4n) is 3.22. The number of phenolic OH excluding ortho intramolecular Hbond substituents is 1. The van der Waals surface area contributed by atoms with Crippen molar-refractivity contribution >= 4 is 16.6 Å². The molecule has 4 nitrogen and oxygen atoms in total. The summed E-state index contributed by atoms with van der Waals surface area (Å²) in [6.45, 7) is 2.55. The van der Waals surface area contributed by atoms with Gasteiger partial charge in [0.1, 0.15) is 17.9 Å². The van der Waals surface area contributed by atoms with Crippen molar-refractivity contribution in [3.8, 4) is 5.75 Å². The summed E-state index contributed by atoms with van der Waals surface area (Å²) in [7, 11) is 0. The number of carbonyl (C=O) groups is 1. The SMILES string of the molecule is CC([NH2+]CCC(=O)c1ccc(O)c2ccccc12)C(O)c1ccccc1.[Cl-]. The minimum atomic E-state index is -0.569. The van der Waals surface area contributed by atoms with Crippen molar-refractivity contribution in [3.05, 3.63) is 77.9 Å². The standard InChI is InChI=1S/C22H23NO3.ClH/c1-15(22(26)16-7-3-2-4-8-16)23-14-13-21(25)19-11-12-20(24)18-10-6-5-9-17(18)19;/h2-12,15,22-24,26H,13-14H2,1H3;1H. The Morgan fingerprint density at radius 2 is 1.59 bits per heavy atom. The van der Waals surface area contributed by atoms with Gasteiger partial charge in [-0.1, -0.05) is 54.6 Å². The molecule has 3 rings (SSSR count). The second-order valence-corrected chi connectivity index (χ2v) is 6.59. The number of ketones is 1. The van der Waals surface area contributed by atoms with Crippen LogP contribution in [0.4, 0.5) is 0 Å². The molecule has 4 N–H and O–H groups in total. The molecule has 0 fully saturated rings. The molecule has 3 aromatic carbocycles. The first-order chi connectivity index (χ1) is 12.6. The Balaban J connectivity index is 0.00000261. The van der Waals surface area contributed by atoms with E-state index in [0.717, 1.165) is 10.9 Å². The Hall–Kier alpha value is -2.40. The number of rotatable bonds is 7. The van der Waals surface area contributed by atoms with Crippen molar-refractivity contribution < 1.29 is 32.7 Å². The van der Waals surface area contributed by atoms with Gasteiger partial charge in [0, 0.05) is 10.9 Å². The Labute approximate surface area is 165 Å². The van der Waals surface area contributed by atoms with E-state index in [1.165, 1.54) is 0 Å². The van der Waals surface area contributed by atoms with Gasteiger partial charge < -0.3 is 27.9 Å². The lowest BCUT2D eigenvalue weighted by molar-refractivity contribution is -0.693. The van der Waals surface area contributed by atoms with Gasteiger partial charge in [0.15, 0.2) is 5.78 Å². The number of phenols is 1. The Bertz CT molecular complexity index is 898. The van der Waals surface area contributed by atoms with E-state index < -0.39 is 6.10 Å².